The Labute approximate surface area is 82.3 Å². The molecule has 1 atom stereocenters. The molecule has 0 heterocycles. The van der Waals surface area contributed by atoms with Crippen LogP contribution in [0.1, 0.15) is 32.1 Å². The molecule has 0 aromatic carbocycles. The van der Waals surface area contributed by atoms with Crippen LogP contribution in [0.25, 0.3) is 0 Å². The van der Waals surface area contributed by atoms with Gasteiger partial charge in [-0.1, -0.05) is 19.3 Å². The van der Waals surface area contributed by atoms with Crippen LogP contribution in [0.2, 0.25) is 0 Å². The molecule has 0 bridgehead atoms. The lowest BCUT2D eigenvalue weighted by atomic mass is 9.84. The third kappa shape index (κ3) is 3.73. The number of hydrogen-bond acceptors (Lipinski definition) is 1. The Balaban J connectivity index is 0.00000144. The van der Waals surface area contributed by atoms with E-state index in [1.54, 1.807) is 0 Å². The van der Waals surface area contributed by atoms with Crippen molar-refractivity contribution in [3.63, 3.8) is 0 Å². The Hall–Kier alpha value is 0.0400. The fourth-order valence-corrected chi connectivity index (χ4v) is 1.76. The molecule has 0 saturated heterocycles. The lowest BCUT2D eigenvalue weighted by molar-refractivity contribution is -0.161. The molecule has 2 N–H and O–H groups in total. The molecule has 0 aromatic heterocycles. The summed E-state index contributed by atoms with van der Waals surface area (Å²) in [6.07, 6.45) is -0.0761. The first-order valence-corrected chi connectivity index (χ1v) is 4.34. The summed E-state index contributed by atoms with van der Waals surface area (Å²) in [5.74, 6) is -0.334. The van der Waals surface area contributed by atoms with E-state index in [0.717, 1.165) is 19.3 Å². The van der Waals surface area contributed by atoms with Gasteiger partial charge in [0.25, 0.3) is 0 Å². The molecule has 0 spiro atoms. The molecule has 0 amide bonds. The van der Waals surface area contributed by atoms with Crippen LogP contribution in [0.3, 0.4) is 0 Å². The van der Waals surface area contributed by atoms with Gasteiger partial charge in [-0.25, -0.2) is 0 Å². The van der Waals surface area contributed by atoms with Gasteiger partial charge in [-0.05, 0) is 18.8 Å². The molecule has 80 valence electrons. The molecule has 0 aliphatic heterocycles. The maximum absolute atomic E-state index is 12.1. The van der Waals surface area contributed by atoms with Crippen LogP contribution >= 0.6 is 12.4 Å². The van der Waals surface area contributed by atoms with Gasteiger partial charge in [0.2, 0.25) is 0 Å². The minimum absolute atomic E-state index is 0. The van der Waals surface area contributed by atoms with Crippen LogP contribution in [-0.2, 0) is 0 Å². The average molecular weight is 218 g/mol. The molecule has 1 nitrogen and oxygen atoms in total. The van der Waals surface area contributed by atoms with Gasteiger partial charge in [-0.15, -0.1) is 12.4 Å². The number of hydrogen-bond donors (Lipinski definition) is 1. The van der Waals surface area contributed by atoms with E-state index in [1.165, 1.54) is 0 Å². The molecule has 1 aliphatic carbocycles. The quantitative estimate of drug-likeness (QED) is 0.718. The zero-order valence-corrected chi connectivity index (χ0v) is 8.13. The second kappa shape index (κ2) is 5.05. The Bertz CT molecular complexity index is 143. The fraction of sp³-hybridized carbons (Fsp3) is 1.00. The fourth-order valence-electron chi connectivity index (χ4n) is 1.76. The second-order valence-corrected chi connectivity index (χ2v) is 3.47. The summed E-state index contributed by atoms with van der Waals surface area (Å²) in [4.78, 5) is 0. The topological polar surface area (TPSA) is 26.0 Å². The highest BCUT2D eigenvalue weighted by molar-refractivity contribution is 5.85. The molecule has 0 unspecified atom stereocenters. The van der Waals surface area contributed by atoms with Gasteiger partial charge in [-0.3, -0.25) is 0 Å². The van der Waals surface area contributed by atoms with E-state index in [9.17, 15) is 13.2 Å². The van der Waals surface area contributed by atoms with Gasteiger partial charge >= 0.3 is 6.18 Å². The van der Waals surface area contributed by atoms with Crippen LogP contribution in [0.5, 0.6) is 0 Å². The highest BCUT2D eigenvalue weighted by Crippen LogP contribution is 2.32. The Morgan fingerprint density at radius 2 is 1.54 bits per heavy atom. The van der Waals surface area contributed by atoms with Crippen molar-refractivity contribution in [3.05, 3.63) is 0 Å². The molecule has 0 radical (unpaired) electrons. The summed E-state index contributed by atoms with van der Waals surface area (Å²) in [6, 6.07) is -1.60. The van der Waals surface area contributed by atoms with Gasteiger partial charge in [0, 0.05) is 0 Å². The maximum Gasteiger partial charge on any atom is 0.403 e. The third-order valence-corrected chi connectivity index (χ3v) is 2.54. The zero-order valence-electron chi connectivity index (χ0n) is 7.31. The van der Waals surface area contributed by atoms with Crippen LogP contribution in [0.4, 0.5) is 13.2 Å². The summed E-state index contributed by atoms with van der Waals surface area (Å²) in [5, 5.41) is 0. The van der Waals surface area contributed by atoms with Crippen molar-refractivity contribution >= 4 is 12.4 Å². The van der Waals surface area contributed by atoms with E-state index in [-0.39, 0.29) is 18.3 Å². The Morgan fingerprint density at radius 3 is 1.92 bits per heavy atom. The van der Waals surface area contributed by atoms with E-state index < -0.39 is 12.2 Å². The molecule has 1 fully saturated rings. The number of halogens is 4. The predicted octanol–water partition coefficient (Wildman–Crippen LogP) is 2.88. The normalized spacial score (nSPS) is 22.2. The minimum Gasteiger partial charge on any atom is -0.320 e. The molecule has 13 heavy (non-hydrogen) atoms. The summed E-state index contributed by atoms with van der Waals surface area (Å²) < 4.78 is 36.3. The van der Waals surface area contributed by atoms with Crippen molar-refractivity contribution in [3.8, 4) is 0 Å². The van der Waals surface area contributed by atoms with Crippen molar-refractivity contribution in [2.75, 3.05) is 0 Å². The van der Waals surface area contributed by atoms with Gasteiger partial charge in [0.15, 0.2) is 0 Å². The third-order valence-electron chi connectivity index (χ3n) is 2.54. The molecule has 1 aliphatic rings. The molecule has 1 rings (SSSR count). The Morgan fingerprint density at radius 1 is 1.08 bits per heavy atom. The molecule has 5 heteroatoms. The zero-order chi connectivity index (χ0) is 9.19. The van der Waals surface area contributed by atoms with Crippen molar-refractivity contribution in [1.82, 2.24) is 0 Å². The highest BCUT2D eigenvalue weighted by atomic mass is 35.5. The van der Waals surface area contributed by atoms with E-state index in [1.807, 2.05) is 0 Å². The monoisotopic (exact) mass is 217 g/mol. The molecule has 1 saturated carbocycles. The first-order valence-electron chi connectivity index (χ1n) is 4.34. The van der Waals surface area contributed by atoms with E-state index >= 15 is 0 Å². The van der Waals surface area contributed by atoms with Gasteiger partial charge in [0.05, 0.1) is 0 Å². The highest BCUT2D eigenvalue weighted by Gasteiger charge is 2.41. The Kier molecular flexibility index (Phi) is 5.07. The summed E-state index contributed by atoms with van der Waals surface area (Å²) in [5.41, 5.74) is 5.10. The van der Waals surface area contributed by atoms with E-state index in [4.69, 9.17) is 5.73 Å². The molecule has 0 aromatic rings. The number of alkyl halides is 3. The molecular weight excluding hydrogens is 203 g/mol. The summed E-state index contributed by atoms with van der Waals surface area (Å²) >= 11 is 0. The minimum atomic E-state index is -4.21. The van der Waals surface area contributed by atoms with Gasteiger partial charge in [0.1, 0.15) is 6.04 Å². The first-order chi connectivity index (χ1) is 5.52. The van der Waals surface area contributed by atoms with Crippen LogP contribution in [-0.4, -0.2) is 12.2 Å². The summed E-state index contributed by atoms with van der Waals surface area (Å²) in [6.45, 7) is 0. The van der Waals surface area contributed by atoms with Crippen LogP contribution in [0, 0.1) is 5.92 Å². The number of nitrogens with two attached hydrogens (primary N) is 1. The maximum atomic E-state index is 12.1. The van der Waals surface area contributed by atoms with Crippen molar-refractivity contribution in [1.29, 1.82) is 0 Å². The molecular formula is C8H15ClF3N. The predicted molar refractivity (Wildman–Crippen MR) is 47.9 cm³/mol. The van der Waals surface area contributed by atoms with Crippen LogP contribution in [0.15, 0.2) is 0 Å². The number of rotatable bonds is 1. The standard InChI is InChI=1S/C8H14F3N.ClH/c9-8(10,11)7(12)6-4-2-1-3-5-6;/h6-7H,1-5,12H2;1H/t7-;/m0./s1. The summed E-state index contributed by atoms with van der Waals surface area (Å²) in [7, 11) is 0. The van der Waals surface area contributed by atoms with E-state index in [0.29, 0.717) is 12.8 Å². The van der Waals surface area contributed by atoms with E-state index in [2.05, 4.69) is 0 Å². The SMILES string of the molecule is Cl.N[C@@H](C1CCCCC1)C(F)(F)F. The second-order valence-electron chi connectivity index (χ2n) is 3.47. The first kappa shape index (κ1) is 13.0. The lowest BCUT2D eigenvalue weighted by Crippen LogP contribution is -2.44. The van der Waals surface area contributed by atoms with Crippen molar-refractivity contribution in [2.45, 2.75) is 44.3 Å². The van der Waals surface area contributed by atoms with Gasteiger partial charge in [-0.2, -0.15) is 13.2 Å². The van der Waals surface area contributed by atoms with Gasteiger partial charge < -0.3 is 5.73 Å². The van der Waals surface area contributed by atoms with Crippen LogP contribution < -0.4 is 5.73 Å². The smallest absolute Gasteiger partial charge is 0.320 e. The largest absolute Gasteiger partial charge is 0.403 e. The lowest BCUT2D eigenvalue weighted by Gasteiger charge is -2.28. The average Bonchev–Trinajstić information content (AvgIpc) is 2.03. The van der Waals surface area contributed by atoms with Crippen molar-refractivity contribution in [2.24, 2.45) is 11.7 Å². The van der Waals surface area contributed by atoms with Crippen molar-refractivity contribution < 1.29 is 13.2 Å².